The van der Waals surface area contributed by atoms with Gasteiger partial charge in [-0.2, -0.15) is 0 Å². The van der Waals surface area contributed by atoms with Crippen LogP contribution in [0.5, 0.6) is 5.75 Å². The van der Waals surface area contributed by atoms with Gasteiger partial charge in [-0.3, -0.25) is 9.20 Å². The number of nitrogens with zero attached hydrogens (tertiary/aromatic N) is 2. The molecule has 2 atom stereocenters. The van der Waals surface area contributed by atoms with Crippen molar-refractivity contribution in [1.29, 1.82) is 0 Å². The van der Waals surface area contributed by atoms with Crippen molar-refractivity contribution in [1.82, 2.24) is 9.38 Å². The van der Waals surface area contributed by atoms with Crippen molar-refractivity contribution < 1.29 is 19.1 Å². The predicted molar refractivity (Wildman–Crippen MR) is 93.3 cm³/mol. The molecule has 3 aromatic rings. The Morgan fingerprint density at radius 3 is 2.88 bits per heavy atom. The van der Waals surface area contributed by atoms with E-state index in [0.717, 1.165) is 17.4 Å². The van der Waals surface area contributed by atoms with Gasteiger partial charge in [-0.15, -0.1) is 0 Å². The number of ether oxygens (including phenoxy) is 2. The van der Waals surface area contributed by atoms with Crippen LogP contribution in [-0.2, 0) is 11.2 Å². The lowest BCUT2D eigenvalue weighted by molar-refractivity contribution is 0.0310. The Kier molecular flexibility index (Phi) is 3.84. The molecule has 0 spiro atoms. The molecule has 132 valence electrons. The van der Waals surface area contributed by atoms with Crippen molar-refractivity contribution in [3.05, 3.63) is 65.1 Å². The average molecular weight is 351 g/mol. The molecule has 1 aliphatic carbocycles. The van der Waals surface area contributed by atoms with Crippen LogP contribution in [0.3, 0.4) is 0 Å². The van der Waals surface area contributed by atoms with Gasteiger partial charge >= 0.3 is 6.09 Å². The van der Waals surface area contributed by atoms with Gasteiger partial charge in [0.1, 0.15) is 11.8 Å². The maximum atomic E-state index is 11.3. The Morgan fingerprint density at radius 2 is 2.12 bits per heavy atom. The van der Waals surface area contributed by atoms with E-state index < -0.39 is 18.3 Å². The van der Waals surface area contributed by atoms with Crippen LogP contribution in [0.15, 0.2) is 42.6 Å². The monoisotopic (exact) mass is 351 g/mol. The van der Waals surface area contributed by atoms with E-state index in [-0.39, 0.29) is 0 Å². The molecule has 1 aromatic carbocycles. The van der Waals surface area contributed by atoms with E-state index >= 15 is 0 Å². The minimum atomic E-state index is -0.838. The van der Waals surface area contributed by atoms with E-state index in [1.54, 1.807) is 29.7 Å². The van der Waals surface area contributed by atoms with Crippen molar-refractivity contribution >= 4 is 18.0 Å². The fourth-order valence-electron chi connectivity index (χ4n) is 3.46. The molecule has 2 heterocycles. The van der Waals surface area contributed by atoms with Crippen molar-refractivity contribution in [3.63, 3.8) is 0 Å². The van der Waals surface area contributed by atoms with Crippen LogP contribution in [0.2, 0.25) is 0 Å². The topological polar surface area (TPSA) is 95.9 Å². The third-order valence-electron chi connectivity index (χ3n) is 4.59. The number of carbonyl (C=O) groups excluding carboxylic acids is 2. The van der Waals surface area contributed by atoms with E-state index in [2.05, 4.69) is 4.98 Å². The first kappa shape index (κ1) is 16.1. The Hall–Kier alpha value is -3.35. The predicted octanol–water partition coefficient (Wildman–Crippen LogP) is 2.60. The zero-order valence-corrected chi connectivity index (χ0v) is 14.1. The zero-order chi connectivity index (χ0) is 18.3. The summed E-state index contributed by atoms with van der Waals surface area (Å²) < 4.78 is 13.2. The lowest BCUT2D eigenvalue weighted by Gasteiger charge is -2.21. The number of benzene rings is 1. The summed E-state index contributed by atoms with van der Waals surface area (Å²) in [5.74, 6) is 0.503. The van der Waals surface area contributed by atoms with Crippen LogP contribution >= 0.6 is 0 Å². The molecule has 0 saturated carbocycles. The molecule has 7 heteroatoms. The highest BCUT2D eigenvalue weighted by molar-refractivity contribution is 5.77. The highest BCUT2D eigenvalue weighted by Crippen LogP contribution is 2.38. The molecule has 26 heavy (non-hydrogen) atoms. The number of carbonyl (C=O) groups is 2. The first-order valence-electron chi connectivity index (χ1n) is 8.22. The van der Waals surface area contributed by atoms with Crippen molar-refractivity contribution in [2.24, 2.45) is 5.73 Å². The molecule has 2 unspecified atom stereocenters. The number of hydrogen-bond donors (Lipinski definition) is 1. The van der Waals surface area contributed by atoms with E-state index in [9.17, 15) is 9.59 Å². The van der Waals surface area contributed by atoms with Gasteiger partial charge in [0.15, 0.2) is 23.8 Å². The summed E-state index contributed by atoms with van der Waals surface area (Å²) in [4.78, 5) is 27.1. The summed E-state index contributed by atoms with van der Waals surface area (Å²) >= 11 is 0. The minimum Gasteiger partial charge on any atom is -0.478 e. The van der Waals surface area contributed by atoms with E-state index in [1.165, 1.54) is 0 Å². The molecule has 4 rings (SSSR count). The van der Waals surface area contributed by atoms with Gasteiger partial charge in [-0.1, -0.05) is 24.3 Å². The van der Waals surface area contributed by atoms with E-state index in [4.69, 9.17) is 15.2 Å². The number of primary amides is 1. The number of amides is 1. The second-order valence-corrected chi connectivity index (χ2v) is 6.18. The Labute approximate surface area is 149 Å². The molecule has 0 aliphatic heterocycles. The number of aryl methyl sites for hydroxylation is 1. The number of pyridine rings is 1. The molecule has 1 amide bonds. The van der Waals surface area contributed by atoms with Gasteiger partial charge < -0.3 is 15.2 Å². The van der Waals surface area contributed by atoms with Crippen molar-refractivity contribution in [2.45, 2.75) is 25.6 Å². The second-order valence-electron chi connectivity index (χ2n) is 6.18. The van der Waals surface area contributed by atoms with Gasteiger partial charge in [-0.25, -0.2) is 9.78 Å². The maximum absolute atomic E-state index is 11.3. The van der Waals surface area contributed by atoms with Gasteiger partial charge in [-0.05, 0) is 30.2 Å². The summed E-state index contributed by atoms with van der Waals surface area (Å²) in [7, 11) is 0. The molecule has 1 aliphatic rings. The molecule has 2 aromatic heterocycles. The summed E-state index contributed by atoms with van der Waals surface area (Å²) in [6, 6.07) is 11.3. The number of aromatic nitrogens is 2. The zero-order valence-electron chi connectivity index (χ0n) is 14.1. The first-order valence-corrected chi connectivity index (χ1v) is 8.22. The molecule has 0 saturated heterocycles. The Morgan fingerprint density at radius 1 is 1.31 bits per heavy atom. The highest BCUT2D eigenvalue weighted by Gasteiger charge is 2.37. The molecular weight excluding hydrogens is 334 g/mol. The average Bonchev–Trinajstić information content (AvgIpc) is 3.12. The SMILES string of the molecule is Cc1nc2c(OC3c4ccccc4CC3OC(N)=O)cccn2c1C=O. The van der Waals surface area contributed by atoms with Crippen LogP contribution in [0.25, 0.3) is 5.65 Å². The first-order chi connectivity index (χ1) is 12.6. The largest absolute Gasteiger partial charge is 0.478 e. The van der Waals surface area contributed by atoms with Gasteiger partial charge in [0.2, 0.25) is 0 Å². The maximum Gasteiger partial charge on any atom is 0.404 e. The van der Waals surface area contributed by atoms with Crippen molar-refractivity contribution in [2.75, 3.05) is 0 Å². The molecule has 0 radical (unpaired) electrons. The van der Waals surface area contributed by atoms with Crippen LogP contribution in [-0.4, -0.2) is 27.9 Å². The molecule has 7 nitrogen and oxygen atoms in total. The molecule has 2 N–H and O–H groups in total. The lowest BCUT2D eigenvalue weighted by atomic mass is 10.1. The second kappa shape index (κ2) is 6.18. The standard InChI is InChI=1S/C19H17N3O4/c1-11-14(10-23)22-8-4-7-15(18(22)21-11)25-17-13-6-3-2-5-12(13)9-16(17)26-19(20)24/h2-8,10,16-17H,9H2,1H3,(H2,20,24). The molecular formula is C19H17N3O4. The number of fused-ring (bicyclic) bond motifs is 2. The van der Waals surface area contributed by atoms with E-state index in [0.29, 0.717) is 29.2 Å². The third kappa shape index (κ3) is 2.57. The summed E-state index contributed by atoms with van der Waals surface area (Å²) in [5, 5.41) is 0. The molecule has 0 fully saturated rings. The minimum absolute atomic E-state index is 0.474. The molecule has 0 bridgehead atoms. The van der Waals surface area contributed by atoms with Crippen molar-refractivity contribution in [3.8, 4) is 5.75 Å². The Bertz CT molecular complexity index is 1010. The summed E-state index contributed by atoms with van der Waals surface area (Å²) in [6.07, 6.45) is 1.19. The smallest absolute Gasteiger partial charge is 0.404 e. The van der Waals surface area contributed by atoms with Gasteiger partial charge in [0, 0.05) is 12.6 Å². The van der Waals surface area contributed by atoms with Gasteiger partial charge in [0.05, 0.1) is 5.69 Å². The number of nitrogens with two attached hydrogens (primary N) is 1. The van der Waals surface area contributed by atoms with Crippen LogP contribution < -0.4 is 10.5 Å². The number of rotatable bonds is 4. The highest BCUT2D eigenvalue weighted by atomic mass is 16.6. The van der Waals surface area contributed by atoms with Crippen LogP contribution in [0.4, 0.5) is 4.79 Å². The lowest BCUT2D eigenvalue weighted by Crippen LogP contribution is -2.29. The van der Waals surface area contributed by atoms with Crippen LogP contribution in [0, 0.1) is 6.92 Å². The fourth-order valence-corrected chi connectivity index (χ4v) is 3.46. The number of aldehydes is 1. The summed E-state index contributed by atoms with van der Waals surface area (Å²) in [6.45, 7) is 1.77. The quantitative estimate of drug-likeness (QED) is 0.729. The number of hydrogen-bond acceptors (Lipinski definition) is 5. The van der Waals surface area contributed by atoms with Gasteiger partial charge in [0.25, 0.3) is 0 Å². The number of imidazole rings is 1. The summed E-state index contributed by atoms with van der Waals surface area (Å²) in [5.41, 5.74) is 8.84. The fraction of sp³-hybridized carbons (Fsp3) is 0.211. The van der Waals surface area contributed by atoms with Crippen LogP contribution in [0.1, 0.15) is 33.4 Å². The normalized spacial score (nSPS) is 18.5. The Balaban J connectivity index is 1.76. The van der Waals surface area contributed by atoms with E-state index in [1.807, 2.05) is 24.3 Å². The third-order valence-corrected chi connectivity index (χ3v) is 4.59.